The molecule has 0 bridgehead atoms. The summed E-state index contributed by atoms with van der Waals surface area (Å²) in [5.41, 5.74) is 0.800. The molecule has 21 heavy (non-hydrogen) atoms. The lowest BCUT2D eigenvalue weighted by molar-refractivity contribution is 0.244. The zero-order valence-corrected chi connectivity index (χ0v) is 12.2. The highest BCUT2D eigenvalue weighted by atomic mass is 16.5. The quantitative estimate of drug-likeness (QED) is 0.762. The molecule has 6 heteroatoms. The molecule has 0 aliphatic heterocycles. The van der Waals surface area contributed by atoms with Crippen molar-refractivity contribution in [2.24, 2.45) is 0 Å². The molecule has 0 saturated heterocycles. The van der Waals surface area contributed by atoms with Crippen molar-refractivity contribution in [3.05, 3.63) is 43.1 Å². The van der Waals surface area contributed by atoms with E-state index in [1.165, 1.54) is 0 Å². The molecule has 1 aromatic carbocycles. The van der Waals surface area contributed by atoms with E-state index in [0.29, 0.717) is 18.3 Å². The molecule has 2 aromatic rings. The number of ether oxygens (including phenoxy) is 1. The highest BCUT2D eigenvalue weighted by molar-refractivity contribution is 5.62. The summed E-state index contributed by atoms with van der Waals surface area (Å²) in [7, 11) is 0. The number of nitrogens with zero attached hydrogens (tertiary/aromatic N) is 3. The first kappa shape index (κ1) is 14.8. The molecular formula is C15H19N5O. The third-order valence-electron chi connectivity index (χ3n) is 2.48. The maximum atomic E-state index is 5.75. The van der Waals surface area contributed by atoms with Crippen LogP contribution in [-0.2, 0) is 0 Å². The Kier molecular flexibility index (Phi) is 5.09. The van der Waals surface area contributed by atoms with E-state index in [1.54, 1.807) is 12.3 Å². The van der Waals surface area contributed by atoms with Crippen molar-refractivity contribution < 1.29 is 4.74 Å². The van der Waals surface area contributed by atoms with Crippen LogP contribution in [0.1, 0.15) is 13.8 Å². The Morgan fingerprint density at radius 3 is 2.90 bits per heavy atom. The van der Waals surface area contributed by atoms with Crippen LogP contribution in [0, 0.1) is 0 Å². The Labute approximate surface area is 124 Å². The highest BCUT2D eigenvalue weighted by Gasteiger charge is 2.07. The van der Waals surface area contributed by atoms with Crippen molar-refractivity contribution >= 4 is 17.5 Å². The molecule has 0 amide bonds. The summed E-state index contributed by atoms with van der Waals surface area (Å²) >= 11 is 0. The number of rotatable bonds is 7. The summed E-state index contributed by atoms with van der Waals surface area (Å²) in [5.74, 6) is 1.79. The Bertz CT molecular complexity index is 600. The first-order valence-electron chi connectivity index (χ1n) is 6.76. The van der Waals surface area contributed by atoms with Gasteiger partial charge in [0, 0.05) is 6.54 Å². The van der Waals surface area contributed by atoms with Crippen molar-refractivity contribution in [3.63, 3.8) is 0 Å². The van der Waals surface area contributed by atoms with Crippen LogP contribution >= 0.6 is 0 Å². The number of hydrogen-bond acceptors (Lipinski definition) is 6. The summed E-state index contributed by atoms with van der Waals surface area (Å²) in [4.78, 5) is 4.33. The maximum Gasteiger partial charge on any atom is 0.249 e. The van der Waals surface area contributed by atoms with Gasteiger partial charge in [-0.2, -0.15) is 10.1 Å². The van der Waals surface area contributed by atoms with Gasteiger partial charge in [0.05, 0.1) is 18.0 Å². The van der Waals surface area contributed by atoms with E-state index in [1.807, 2.05) is 38.1 Å². The molecule has 0 unspecified atom stereocenters. The number of aromatic nitrogens is 3. The van der Waals surface area contributed by atoms with Crippen molar-refractivity contribution in [2.45, 2.75) is 20.0 Å². The number of para-hydroxylation sites is 2. The second-order valence-corrected chi connectivity index (χ2v) is 4.62. The third kappa shape index (κ3) is 4.45. The van der Waals surface area contributed by atoms with E-state index in [2.05, 4.69) is 32.4 Å². The average Bonchev–Trinajstić information content (AvgIpc) is 2.47. The largest absolute Gasteiger partial charge is 0.489 e. The first-order chi connectivity index (χ1) is 10.2. The average molecular weight is 285 g/mol. The van der Waals surface area contributed by atoms with E-state index >= 15 is 0 Å². The fourth-order valence-corrected chi connectivity index (χ4v) is 1.67. The highest BCUT2D eigenvalue weighted by Crippen LogP contribution is 2.27. The molecule has 0 radical (unpaired) electrons. The van der Waals surface area contributed by atoms with Crippen LogP contribution in [-0.4, -0.2) is 27.8 Å². The number of benzene rings is 1. The van der Waals surface area contributed by atoms with Crippen LogP contribution in [0.3, 0.4) is 0 Å². The molecule has 110 valence electrons. The lowest BCUT2D eigenvalue weighted by atomic mass is 10.3. The van der Waals surface area contributed by atoms with Gasteiger partial charge in [-0.3, -0.25) is 0 Å². The molecule has 6 nitrogen and oxygen atoms in total. The Balaban J connectivity index is 2.16. The lowest BCUT2D eigenvalue weighted by Crippen LogP contribution is -2.09. The van der Waals surface area contributed by atoms with Crippen molar-refractivity contribution in [3.8, 4) is 5.75 Å². The van der Waals surface area contributed by atoms with Gasteiger partial charge in [-0.05, 0) is 26.0 Å². The summed E-state index contributed by atoms with van der Waals surface area (Å²) in [5, 5.41) is 14.1. The van der Waals surface area contributed by atoms with Gasteiger partial charge < -0.3 is 15.4 Å². The van der Waals surface area contributed by atoms with E-state index < -0.39 is 0 Å². The van der Waals surface area contributed by atoms with E-state index in [0.717, 1.165) is 11.4 Å². The van der Waals surface area contributed by atoms with Crippen LogP contribution in [0.5, 0.6) is 5.75 Å². The van der Waals surface area contributed by atoms with Gasteiger partial charge in [-0.15, -0.1) is 11.7 Å². The topological polar surface area (TPSA) is 72.0 Å². The Morgan fingerprint density at radius 2 is 2.14 bits per heavy atom. The second kappa shape index (κ2) is 7.23. The van der Waals surface area contributed by atoms with Crippen molar-refractivity contribution in [1.29, 1.82) is 0 Å². The predicted octanol–water partition coefficient (Wildman–Crippen LogP) is 3.00. The van der Waals surface area contributed by atoms with Crippen LogP contribution in [0.2, 0.25) is 0 Å². The van der Waals surface area contributed by atoms with Crippen LogP contribution in [0.25, 0.3) is 0 Å². The van der Waals surface area contributed by atoms with E-state index in [-0.39, 0.29) is 6.10 Å². The minimum atomic E-state index is 0.0904. The zero-order valence-electron chi connectivity index (χ0n) is 12.2. The van der Waals surface area contributed by atoms with Gasteiger partial charge >= 0.3 is 0 Å². The molecule has 2 N–H and O–H groups in total. The minimum absolute atomic E-state index is 0.0904. The number of hydrogen-bond donors (Lipinski definition) is 2. The van der Waals surface area contributed by atoms with E-state index in [4.69, 9.17) is 4.74 Å². The summed E-state index contributed by atoms with van der Waals surface area (Å²) < 4.78 is 5.75. The molecule has 2 rings (SSSR count). The standard InChI is InChI=1S/C15H19N5O/c1-4-9-16-14-10-17-20-15(19-14)18-12-7-5-6-8-13(12)21-11(2)3/h4-8,10-11H,1,9H2,2-3H3,(H2,16,18,19,20). The van der Waals surface area contributed by atoms with Gasteiger partial charge in [0.2, 0.25) is 5.95 Å². The maximum absolute atomic E-state index is 5.75. The molecule has 0 aliphatic rings. The van der Waals surface area contributed by atoms with Crippen molar-refractivity contribution in [2.75, 3.05) is 17.2 Å². The van der Waals surface area contributed by atoms with Crippen LogP contribution in [0.4, 0.5) is 17.5 Å². The minimum Gasteiger partial charge on any atom is -0.489 e. The van der Waals surface area contributed by atoms with E-state index in [9.17, 15) is 0 Å². The number of nitrogens with one attached hydrogen (secondary N) is 2. The van der Waals surface area contributed by atoms with Gasteiger partial charge in [0.15, 0.2) is 5.82 Å². The second-order valence-electron chi connectivity index (χ2n) is 4.62. The van der Waals surface area contributed by atoms with Crippen LogP contribution < -0.4 is 15.4 Å². The smallest absolute Gasteiger partial charge is 0.249 e. The van der Waals surface area contributed by atoms with Gasteiger partial charge in [0.1, 0.15) is 5.75 Å². The first-order valence-corrected chi connectivity index (χ1v) is 6.76. The molecule has 0 fully saturated rings. The normalized spacial score (nSPS) is 10.2. The fourth-order valence-electron chi connectivity index (χ4n) is 1.67. The van der Waals surface area contributed by atoms with Gasteiger partial charge in [-0.1, -0.05) is 18.2 Å². The Morgan fingerprint density at radius 1 is 1.33 bits per heavy atom. The third-order valence-corrected chi connectivity index (χ3v) is 2.48. The Hall–Kier alpha value is -2.63. The van der Waals surface area contributed by atoms with Gasteiger partial charge in [-0.25, -0.2) is 0 Å². The molecule has 0 saturated carbocycles. The predicted molar refractivity (Wildman–Crippen MR) is 84.0 cm³/mol. The molecule has 0 aliphatic carbocycles. The summed E-state index contributed by atoms with van der Waals surface area (Å²) in [6.07, 6.45) is 3.40. The molecule has 1 heterocycles. The molecule has 0 spiro atoms. The zero-order chi connectivity index (χ0) is 15.1. The lowest BCUT2D eigenvalue weighted by Gasteiger charge is -2.14. The summed E-state index contributed by atoms with van der Waals surface area (Å²) in [6.45, 7) is 8.22. The van der Waals surface area contributed by atoms with Crippen LogP contribution in [0.15, 0.2) is 43.1 Å². The number of anilines is 3. The fraction of sp³-hybridized carbons (Fsp3) is 0.267. The molecule has 0 atom stereocenters. The summed E-state index contributed by atoms with van der Waals surface area (Å²) in [6, 6.07) is 7.65. The molecular weight excluding hydrogens is 266 g/mol. The molecule has 1 aromatic heterocycles. The SMILES string of the molecule is C=CCNc1cnnc(Nc2ccccc2OC(C)C)n1. The van der Waals surface area contributed by atoms with Gasteiger partial charge in [0.25, 0.3) is 0 Å². The monoisotopic (exact) mass is 285 g/mol. The van der Waals surface area contributed by atoms with Crippen molar-refractivity contribution in [1.82, 2.24) is 15.2 Å².